The molecule has 0 bridgehead atoms. The van der Waals surface area contributed by atoms with E-state index in [-0.39, 0.29) is 0 Å². The SMILES string of the molecule is CCNC(=NCc1ccc(OC)c(OCC)c1)Nc1ccc(OC)c(OC)c1. The van der Waals surface area contributed by atoms with Crippen molar-refractivity contribution in [3.63, 3.8) is 0 Å². The van der Waals surface area contributed by atoms with Gasteiger partial charge in [-0.05, 0) is 43.7 Å². The number of methoxy groups -OCH3 is 3. The largest absolute Gasteiger partial charge is 0.493 e. The van der Waals surface area contributed by atoms with Gasteiger partial charge >= 0.3 is 0 Å². The summed E-state index contributed by atoms with van der Waals surface area (Å²) in [4.78, 5) is 4.66. The number of hydrogen-bond acceptors (Lipinski definition) is 5. The highest BCUT2D eigenvalue weighted by Gasteiger charge is 2.08. The lowest BCUT2D eigenvalue weighted by Gasteiger charge is -2.14. The van der Waals surface area contributed by atoms with Crippen molar-refractivity contribution in [1.82, 2.24) is 5.32 Å². The first kappa shape index (κ1) is 21.2. The van der Waals surface area contributed by atoms with E-state index in [2.05, 4.69) is 15.6 Å². The number of anilines is 1. The molecule has 7 heteroatoms. The van der Waals surface area contributed by atoms with Crippen LogP contribution >= 0.6 is 0 Å². The topological polar surface area (TPSA) is 73.3 Å². The average Bonchev–Trinajstić information content (AvgIpc) is 2.72. The van der Waals surface area contributed by atoms with Crippen LogP contribution in [-0.4, -0.2) is 40.4 Å². The van der Waals surface area contributed by atoms with Crippen molar-refractivity contribution >= 4 is 11.6 Å². The van der Waals surface area contributed by atoms with Crippen molar-refractivity contribution in [2.75, 3.05) is 39.8 Å². The Labute approximate surface area is 166 Å². The molecule has 0 atom stereocenters. The lowest BCUT2D eigenvalue weighted by molar-refractivity contribution is 0.310. The van der Waals surface area contributed by atoms with Crippen molar-refractivity contribution in [1.29, 1.82) is 0 Å². The standard InChI is InChI=1S/C21H29N3O4/c1-6-22-21(24-16-9-11-17(25-3)19(13-16)27-5)23-14-15-8-10-18(26-4)20(12-15)28-7-2/h8-13H,6-7,14H2,1-5H3,(H2,22,23,24). The first-order valence-corrected chi connectivity index (χ1v) is 9.22. The molecule has 0 radical (unpaired) electrons. The second-order valence-corrected chi connectivity index (χ2v) is 5.81. The zero-order chi connectivity index (χ0) is 20.4. The molecule has 2 N–H and O–H groups in total. The van der Waals surface area contributed by atoms with E-state index in [4.69, 9.17) is 18.9 Å². The molecule has 0 amide bonds. The summed E-state index contributed by atoms with van der Waals surface area (Å²) >= 11 is 0. The fourth-order valence-corrected chi connectivity index (χ4v) is 2.62. The van der Waals surface area contributed by atoms with Crippen LogP contribution in [0.2, 0.25) is 0 Å². The van der Waals surface area contributed by atoms with Gasteiger partial charge in [-0.2, -0.15) is 0 Å². The molecule has 0 aliphatic rings. The van der Waals surface area contributed by atoms with Crippen LogP contribution in [0.15, 0.2) is 41.4 Å². The maximum absolute atomic E-state index is 5.64. The molecule has 0 aromatic heterocycles. The van der Waals surface area contributed by atoms with Gasteiger partial charge in [-0.15, -0.1) is 0 Å². The Kier molecular flexibility index (Phi) is 8.27. The first-order chi connectivity index (χ1) is 13.6. The molecule has 0 fully saturated rings. The van der Waals surface area contributed by atoms with Crippen molar-refractivity contribution in [2.24, 2.45) is 4.99 Å². The summed E-state index contributed by atoms with van der Waals surface area (Å²) < 4.78 is 21.6. The number of guanidine groups is 1. The second-order valence-electron chi connectivity index (χ2n) is 5.81. The molecule has 0 heterocycles. The van der Waals surface area contributed by atoms with E-state index in [1.165, 1.54) is 0 Å². The van der Waals surface area contributed by atoms with Crippen LogP contribution in [0.4, 0.5) is 5.69 Å². The third-order valence-electron chi connectivity index (χ3n) is 3.94. The highest BCUT2D eigenvalue weighted by atomic mass is 16.5. The maximum Gasteiger partial charge on any atom is 0.196 e. The minimum Gasteiger partial charge on any atom is -0.493 e. The van der Waals surface area contributed by atoms with Crippen LogP contribution in [0.25, 0.3) is 0 Å². The predicted octanol–water partition coefficient (Wildman–Crippen LogP) is 3.69. The van der Waals surface area contributed by atoms with E-state index in [0.717, 1.165) is 23.5 Å². The molecule has 2 aromatic rings. The van der Waals surface area contributed by atoms with Gasteiger partial charge < -0.3 is 29.6 Å². The fourth-order valence-electron chi connectivity index (χ4n) is 2.62. The Morgan fingerprint density at radius 3 is 2.18 bits per heavy atom. The summed E-state index contributed by atoms with van der Waals surface area (Å²) in [5.41, 5.74) is 1.87. The molecule has 2 rings (SSSR count). The van der Waals surface area contributed by atoms with Crippen molar-refractivity contribution < 1.29 is 18.9 Å². The smallest absolute Gasteiger partial charge is 0.196 e. The summed E-state index contributed by atoms with van der Waals surface area (Å²) in [7, 11) is 4.86. The number of hydrogen-bond donors (Lipinski definition) is 2. The second kappa shape index (κ2) is 10.9. The van der Waals surface area contributed by atoms with Gasteiger partial charge in [0.2, 0.25) is 0 Å². The minimum absolute atomic E-state index is 0.493. The molecular formula is C21H29N3O4. The first-order valence-electron chi connectivity index (χ1n) is 9.22. The van der Waals surface area contributed by atoms with E-state index in [9.17, 15) is 0 Å². The van der Waals surface area contributed by atoms with Crippen LogP contribution in [0.1, 0.15) is 19.4 Å². The lowest BCUT2D eigenvalue weighted by atomic mass is 10.2. The molecule has 7 nitrogen and oxygen atoms in total. The summed E-state index contributed by atoms with van der Waals surface area (Å²) in [6.07, 6.45) is 0. The third-order valence-corrected chi connectivity index (χ3v) is 3.94. The molecular weight excluding hydrogens is 358 g/mol. The minimum atomic E-state index is 0.493. The number of benzene rings is 2. The number of rotatable bonds is 9. The van der Waals surface area contributed by atoms with Gasteiger partial charge in [-0.25, -0.2) is 4.99 Å². The van der Waals surface area contributed by atoms with Gasteiger partial charge in [-0.3, -0.25) is 0 Å². The highest BCUT2D eigenvalue weighted by molar-refractivity contribution is 5.93. The third kappa shape index (κ3) is 5.70. The number of ether oxygens (including phenoxy) is 4. The Balaban J connectivity index is 2.17. The van der Waals surface area contributed by atoms with Gasteiger partial charge in [0.1, 0.15) is 0 Å². The van der Waals surface area contributed by atoms with Gasteiger partial charge in [0.15, 0.2) is 29.0 Å². The van der Waals surface area contributed by atoms with Crippen molar-refractivity contribution in [3.8, 4) is 23.0 Å². The van der Waals surface area contributed by atoms with Crippen LogP contribution in [0.5, 0.6) is 23.0 Å². The normalized spacial score (nSPS) is 11.0. The number of aliphatic imine (C=N–C) groups is 1. The monoisotopic (exact) mass is 387 g/mol. The summed E-state index contributed by atoms with van der Waals surface area (Å²) in [6, 6.07) is 11.4. The molecule has 0 saturated carbocycles. The zero-order valence-electron chi connectivity index (χ0n) is 17.2. The van der Waals surface area contributed by atoms with Gasteiger partial charge in [0, 0.05) is 18.3 Å². The molecule has 0 saturated heterocycles. The Morgan fingerprint density at radius 2 is 1.54 bits per heavy atom. The molecule has 0 unspecified atom stereocenters. The van der Waals surface area contributed by atoms with E-state index >= 15 is 0 Å². The maximum atomic E-state index is 5.64. The van der Waals surface area contributed by atoms with Crippen LogP contribution < -0.4 is 29.6 Å². The van der Waals surface area contributed by atoms with E-state index in [1.54, 1.807) is 21.3 Å². The summed E-state index contributed by atoms with van der Waals surface area (Å²) in [5, 5.41) is 6.53. The van der Waals surface area contributed by atoms with E-state index < -0.39 is 0 Å². The van der Waals surface area contributed by atoms with Crippen LogP contribution in [0, 0.1) is 0 Å². The molecule has 152 valence electrons. The Hall–Kier alpha value is -3.09. The van der Waals surface area contributed by atoms with Gasteiger partial charge in [-0.1, -0.05) is 6.07 Å². The zero-order valence-corrected chi connectivity index (χ0v) is 17.2. The lowest BCUT2D eigenvalue weighted by Crippen LogP contribution is -2.30. The van der Waals surface area contributed by atoms with Crippen LogP contribution in [-0.2, 0) is 6.54 Å². The van der Waals surface area contributed by atoms with Crippen molar-refractivity contribution in [2.45, 2.75) is 20.4 Å². The van der Waals surface area contributed by atoms with Crippen LogP contribution in [0.3, 0.4) is 0 Å². The molecule has 2 aromatic carbocycles. The van der Waals surface area contributed by atoms with E-state index in [1.807, 2.05) is 50.2 Å². The fraction of sp³-hybridized carbons (Fsp3) is 0.381. The van der Waals surface area contributed by atoms with Crippen molar-refractivity contribution in [3.05, 3.63) is 42.0 Å². The predicted molar refractivity (Wildman–Crippen MR) is 112 cm³/mol. The Morgan fingerprint density at radius 1 is 0.857 bits per heavy atom. The molecule has 0 spiro atoms. The Bertz CT molecular complexity index is 793. The van der Waals surface area contributed by atoms with E-state index in [0.29, 0.717) is 36.4 Å². The van der Waals surface area contributed by atoms with Gasteiger partial charge in [0.25, 0.3) is 0 Å². The molecule has 0 aliphatic heterocycles. The highest BCUT2D eigenvalue weighted by Crippen LogP contribution is 2.30. The number of nitrogens with zero attached hydrogens (tertiary/aromatic N) is 1. The van der Waals surface area contributed by atoms with Gasteiger partial charge in [0.05, 0.1) is 34.5 Å². The quantitative estimate of drug-likeness (QED) is 0.505. The average molecular weight is 387 g/mol. The summed E-state index contributed by atoms with van der Waals surface area (Å²) in [6.45, 7) is 5.78. The molecule has 28 heavy (non-hydrogen) atoms. The number of nitrogens with one attached hydrogen (secondary N) is 2. The molecule has 0 aliphatic carbocycles. The summed E-state index contributed by atoms with van der Waals surface area (Å²) in [5.74, 6) is 3.43.